The summed E-state index contributed by atoms with van der Waals surface area (Å²) in [6, 6.07) is 16.3. The molecule has 0 fully saturated rings. The molecule has 150 valence electrons. The first kappa shape index (κ1) is 19.8. The monoisotopic (exact) mass is 437 g/mol. The highest BCUT2D eigenvalue weighted by Crippen LogP contribution is 2.29. The molecule has 30 heavy (non-hydrogen) atoms. The van der Waals surface area contributed by atoms with Crippen molar-refractivity contribution in [3.05, 3.63) is 77.4 Å². The zero-order chi connectivity index (χ0) is 21.1. The number of hydrogen-bond acceptors (Lipinski definition) is 7. The van der Waals surface area contributed by atoms with Gasteiger partial charge in [-0.25, -0.2) is 14.5 Å². The third-order valence-electron chi connectivity index (χ3n) is 4.17. The Morgan fingerprint density at radius 3 is 2.47 bits per heavy atom. The number of nitrogens with zero attached hydrogens (tertiary/aromatic N) is 3. The van der Waals surface area contributed by atoms with Crippen LogP contribution in [-0.4, -0.2) is 31.7 Å². The maximum atomic E-state index is 12.8. The highest BCUT2D eigenvalue weighted by molar-refractivity contribution is 7.97. The summed E-state index contributed by atoms with van der Waals surface area (Å²) in [5.74, 6) is -1.41. The molecule has 8 nitrogen and oxygen atoms in total. The predicted molar refractivity (Wildman–Crippen MR) is 116 cm³/mol. The SMILES string of the molecule is NSc1ccc(C(=O)Nc2cn(-c3nc(C(=O)O)cs3)nc2-c2ccccc2)cc1. The second kappa shape index (κ2) is 8.49. The van der Waals surface area contributed by atoms with Gasteiger partial charge in [-0.15, -0.1) is 11.3 Å². The predicted octanol–water partition coefficient (Wildman–Crippen LogP) is 3.91. The Morgan fingerprint density at radius 2 is 1.83 bits per heavy atom. The first-order valence-electron chi connectivity index (χ1n) is 8.67. The second-order valence-corrected chi connectivity index (χ2v) is 7.66. The van der Waals surface area contributed by atoms with Gasteiger partial charge in [-0.1, -0.05) is 30.3 Å². The van der Waals surface area contributed by atoms with E-state index >= 15 is 0 Å². The van der Waals surface area contributed by atoms with Crippen LogP contribution in [-0.2, 0) is 0 Å². The maximum absolute atomic E-state index is 12.8. The van der Waals surface area contributed by atoms with Gasteiger partial charge in [-0.3, -0.25) is 9.93 Å². The lowest BCUT2D eigenvalue weighted by Crippen LogP contribution is -2.12. The van der Waals surface area contributed by atoms with E-state index in [9.17, 15) is 9.59 Å². The standard InChI is InChI=1S/C20H15N5O3S2/c21-30-14-8-6-13(7-9-14)18(26)22-15-10-25(20-23-16(11-29-20)19(27)28)24-17(15)12-4-2-1-3-5-12/h1-11H,21H2,(H,22,26)(H,27,28). The van der Waals surface area contributed by atoms with Crippen molar-refractivity contribution in [2.45, 2.75) is 4.90 Å². The van der Waals surface area contributed by atoms with Crippen molar-refractivity contribution in [3.63, 3.8) is 0 Å². The molecule has 0 saturated carbocycles. The highest BCUT2D eigenvalue weighted by Gasteiger charge is 2.18. The number of aromatic nitrogens is 3. The van der Waals surface area contributed by atoms with Crippen LogP contribution < -0.4 is 10.5 Å². The van der Waals surface area contributed by atoms with E-state index in [1.807, 2.05) is 30.3 Å². The average molecular weight is 438 g/mol. The topological polar surface area (TPSA) is 123 Å². The van der Waals surface area contributed by atoms with Crippen molar-refractivity contribution in [2.75, 3.05) is 5.32 Å². The molecule has 2 aromatic heterocycles. The lowest BCUT2D eigenvalue weighted by atomic mass is 10.1. The first-order valence-corrected chi connectivity index (χ1v) is 10.4. The van der Waals surface area contributed by atoms with Crippen molar-refractivity contribution in [3.8, 4) is 16.4 Å². The van der Waals surface area contributed by atoms with E-state index < -0.39 is 5.97 Å². The van der Waals surface area contributed by atoms with E-state index in [-0.39, 0.29) is 11.6 Å². The molecule has 4 N–H and O–H groups in total. The molecule has 1 amide bonds. The van der Waals surface area contributed by atoms with Crippen LogP contribution >= 0.6 is 23.3 Å². The van der Waals surface area contributed by atoms with Crippen LogP contribution in [0.5, 0.6) is 0 Å². The number of thiazole rings is 1. The Labute approximate surface area is 179 Å². The number of nitrogens with one attached hydrogen (secondary N) is 1. The molecule has 0 bridgehead atoms. The number of carbonyl (C=O) groups excluding carboxylic acids is 1. The lowest BCUT2D eigenvalue weighted by molar-refractivity contribution is 0.0691. The van der Waals surface area contributed by atoms with Crippen molar-refractivity contribution in [2.24, 2.45) is 5.14 Å². The van der Waals surface area contributed by atoms with Crippen LogP contribution in [0.15, 0.2) is 71.1 Å². The third-order valence-corrected chi connectivity index (χ3v) is 5.54. The first-order chi connectivity index (χ1) is 14.5. The maximum Gasteiger partial charge on any atom is 0.355 e. The Morgan fingerprint density at radius 1 is 1.10 bits per heavy atom. The normalized spacial score (nSPS) is 10.7. The molecule has 0 spiro atoms. The summed E-state index contributed by atoms with van der Waals surface area (Å²) in [5, 5.41) is 23.9. The number of aromatic carboxylic acids is 1. The molecule has 0 radical (unpaired) electrons. The van der Waals surface area contributed by atoms with Gasteiger partial charge in [0, 0.05) is 21.4 Å². The Kier molecular flexibility index (Phi) is 5.61. The number of carboxylic acid groups (broad SMARTS) is 1. The number of anilines is 1. The van der Waals surface area contributed by atoms with Gasteiger partial charge in [-0.05, 0) is 36.2 Å². The molecule has 4 rings (SSSR count). The number of benzene rings is 2. The minimum atomic E-state index is -1.11. The van der Waals surface area contributed by atoms with Crippen LogP contribution in [0, 0.1) is 0 Å². The fourth-order valence-electron chi connectivity index (χ4n) is 2.72. The average Bonchev–Trinajstić information content (AvgIpc) is 3.42. The summed E-state index contributed by atoms with van der Waals surface area (Å²) in [4.78, 5) is 28.8. The number of amides is 1. The van der Waals surface area contributed by atoms with Crippen molar-refractivity contribution < 1.29 is 14.7 Å². The van der Waals surface area contributed by atoms with Gasteiger partial charge in [0.15, 0.2) is 5.69 Å². The summed E-state index contributed by atoms with van der Waals surface area (Å²) in [6.45, 7) is 0. The van der Waals surface area contributed by atoms with Crippen molar-refractivity contribution >= 4 is 40.8 Å². The van der Waals surface area contributed by atoms with Gasteiger partial charge < -0.3 is 10.4 Å². The van der Waals surface area contributed by atoms with E-state index in [4.69, 9.17) is 10.2 Å². The fourth-order valence-corrected chi connectivity index (χ4v) is 3.74. The molecule has 0 saturated heterocycles. The van der Waals surface area contributed by atoms with Gasteiger partial charge in [0.1, 0.15) is 5.69 Å². The molecule has 10 heteroatoms. The molecular formula is C20H15N5O3S2. The van der Waals surface area contributed by atoms with Crippen molar-refractivity contribution in [1.29, 1.82) is 0 Å². The molecular weight excluding hydrogens is 422 g/mol. The largest absolute Gasteiger partial charge is 0.476 e. The van der Waals surface area contributed by atoms with E-state index in [1.165, 1.54) is 10.1 Å². The van der Waals surface area contributed by atoms with E-state index in [0.717, 1.165) is 33.7 Å². The summed E-state index contributed by atoms with van der Waals surface area (Å²) in [7, 11) is 0. The summed E-state index contributed by atoms with van der Waals surface area (Å²) >= 11 is 2.25. The van der Waals surface area contributed by atoms with Crippen LogP contribution in [0.1, 0.15) is 20.8 Å². The Bertz CT molecular complexity index is 1200. The molecule has 0 aliphatic heterocycles. The molecule has 0 atom stereocenters. The van der Waals surface area contributed by atoms with Crippen LogP contribution in [0.3, 0.4) is 0 Å². The Hall–Kier alpha value is -3.47. The van der Waals surface area contributed by atoms with Crippen molar-refractivity contribution in [1.82, 2.24) is 14.8 Å². The second-order valence-electron chi connectivity index (χ2n) is 6.12. The van der Waals surface area contributed by atoms with Crippen LogP contribution in [0.25, 0.3) is 16.4 Å². The molecule has 2 aromatic carbocycles. The van der Waals surface area contributed by atoms with Crippen LogP contribution in [0.4, 0.5) is 5.69 Å². The third kappa shape index (κ3) is 4.10. The van der Waals surface area contributed by atoms with Gasteiger partial charge >= 0.3 is 5.97 Å². The highest BCUT2D eigenvalue weighted by atomic mass is 32.2. The number of carboxylic acids is 1. The number of rotatable bonds is 6. The molecule has 0 aliphatic carbocycles. The van der Waals surface area contributed by atoms with Gasteiger partial charge in [0.05, 0.1) is 11.9 Å². The van der Waals surface area contributed by atoms with E-state index in [1.54, 1.807) is 30.5 Å². The van der Waals surface area contributed by atoms with Crippen LogP contribution in [0.2, 0.25) is 0 Å². The quantitative estimate of drug-likeness (QED) is 0.391. The zero-order valence-electron chi connectivity index (χ0n) is 15.4. The number of nitrogens with two attached hydrogens (primary N) is 1. The molecule has 2 heterocycles. The summed E-state index contributed by atoms with van der Waals surface area (Å²) in [6.07, 6.45) is 1.62. The smallest absolute Gasteiger partial charge is 0.355 e. The number of hydrogen-bond donors (Lipinski definition) is 3. The minimum Gasteiger partial charge on any atom is -0.476 e. The lowest BCUT2D eigenvalue weighted by Gasteiger charge is -2.06. The summed E-state index contributed by atoms with van der Waals surface area (Å²) in [5.41, 5.74) is 2.24. The molecule has 4 aromatic rings. The van der Waals surface area contributed by atoms with E-state index in [0.29, 0.717) is 22.1 Å². The molecule has 0 unspecified atom stereocenters. The summed E-state index contributed by atoms with van der Waals surface area (Å²) < 4.78 is 1.46. The zero-order valence-corrected chi connectivity index (χ0v) is 17.0. The minimum absolute atomic E-state index is 0.0600. The van der Waals surface area contributed by atoms with E-state index in [2.05, 4.69) is 15.4 Å². The Balaban J connectivity index is 1.70. The molecule has 0 aliphatic rings. The number of carbonyl (C=O) groups is 2. The van der Waals surface area contributed by atoms with Gasteiger partial charge in [0.2, 0.25) is 5.13 Å². The fraction of sp³-hybridized carbons (Fsp3) is 0. The van der Waals surface area contributed by atoms with Gasteiger partial charge in [0.25, 0.3) is 5.91 Å². The van der Waals surface area contributed by atoms with Gasteiger partial charge in [-0.2, -0.15) is 5.10 Å².